The van der Waals surface area contributed by atoms with E-state index in [1.807, 2.05) is 18.2 Å². The summed E-state index contributed by atoms with van der Waals surface area (Å²) in [4.78, 5) is 30.2. The number of thioether (sulfide) groups is 1. The van der Waals surface area contributed by atoms with Crippen molar-refractivity contribution in [2.45, 2.75) is 31.2 Å². The summed E-state index contributed by atoms with van der Waals surface area (Å²) < 4.78 is 0. The number of amides is 1. The number of amidine groups is 1. The van der Waals surface area contributed by atoms with Gasteiger partial charge in [0.25, 0.3) is 5.91 Å². The maximum Gasteiger partial charge on any atom is 0.313 e. The van der Waals surface area contributed by atoms with Crippen molar-refractivity contribution in [2.75, 3.05) is 10.7 Å². The maximum atomic E-state index is 12.5. The van der Waals surface area contributed by atoms with E-state index < -0.39 is 5.97 Å². The average molecular weight is 598 g/mol. The number of hydrogen-bond donors (Lipinski definition) is 2. The van der Waals surface area contributed by atoms with Crippen molar-refractivity contribution in [1.29, 1.82) is 0 Å². The summed E-state index contributed by atoms with van der Waals surface area (Å²) in [6, 6.07) is 36.7. The number of carboxylic acids is 1. The second-order valence-electron chi connectivity index (χ2n) is 11.3. The molecule has 0 saturated heterocycles. The van der Waals surface area contributed by atoms with Crippen LogP contribution in [-0.2, 0) is 9.59 Å². The maximum absolute atomic E-state index is 12.5. The van der Waals surface area contributed by atoms with Crippen LogP contribution in [0, 0.1) is 0 Å². The lowest BCUT2D eigenvalue weighted by Crippen LogP contribution is -2.26. The van der Waals surface area contributed by atoms with E-state index in [0.29, 0.717) is 22.8 Å². The largest absolute Gasteiger partial charge is 0.481 e. The fourth-order valence-electron chi connectivity index (χ4n) is 6.57. The Hall–Kier alpha value is -4.88. The highest BCUT2D eigenvalue weighted by atomic mass is 32.2. The number of carbonyl (C=O) groups excluding carboxylic acids is 1. The second-order valence-corrected chi connectivity index (χ2v) is 12.2. The Morgan fingerprint density at radius 2 is 1.59 bits per heavy atom. The normalized spacial score (nSPS) is 19.4. The van der Waals surface area contributed by atoms with Crippen molar-refractivity contribution >= 4 is 57.9 Å². The van der Waals surface area contributed by atoms with E-state index in [9.17, 15) is 9.59 Å². The molecule has 7 heteroatoms. The van der Waals surface area contributed by atoms with Crippen LogP contribution in [0.15, 0.2) is 114 Å². The van der Waals surface area contributed by atoms with Crippen LogP contribution < -0.4 is 10.2 Å². The van der Waals surface area contributed by atoms with E-state index >= 15 is 0 Å². The Morgan fingerprint density at radius 3 is 2.27 bits per heavy atom. The molecule has 1 fully saturated rings. The molecule has 2 atom stereocenters. The molecule has 2 unspecified atom stereocenters. The van der Waals surface area contributed by atoms with Gasteiger partial charge in [0, 0.05) is 23.3 Å². The molecule has 0 radical (unpaired) electrons. The van der Waals surface area contributed by atoms with E-state index in [1.54, 1.807) is 6.08 Å². The Morgan fingerprint density at radius 1 is 0.909 bits per heavy atom. The first-order valence-electron chi connectivity index (χ1n) is 14.9. The zero-order chi connectivity index (χ0) is 30.0. The van der Waals surface area contributed by atoms with Crippen LogP contribution in [-0.4, -0.2) is 33.9 Å². The first-order valence-corrected chi connectivity index (χ1v) is 15.8. The summed E-state index contributed by atoms with van der Waals surface area (Å²) in [5.41, 5.74) is 9.64. The van der Waals surface area contributed by atoms with Crippen LogP contribution in [0.2, 0.25) is 0 Å². The van der Waals surface area contributed by atoms with Crippen LogP contribution in [0.25, 0.3) is 17.7 Å². The number of carboxylic acid groups (broad SMARTS) is 1. The number of fused-ring (bicyclic) bond motifs is 3. The van der Waals surface area contributed by atoms with Crippen molar-refractivity contribution in [3.8, 4) is 0 Å². The molecule has 218 valence electrons. The molecule has 0 spiro atoms. The fourth-order valence-corrected chi connectivity index (χ4v) is 7.16. The summed E-state index contributed by atoms with van der Waals surface area (Å²) >= 11 is 1.01. The topological polar surface area (TPSA) is 82.0 Å². The summed E-state index contributed by atoms with van der Waals surface area (Å²) in [5, 5.41) is 11.9. The molecule has 0 bridgehead atoms. The minimum atomic E-state index is -0.950. The van der Waals surface area contributed by atoms with Crippen molar-refractivity contribution < 1.29 is 14.7 Å². The molecule has 0 aromatic heterocycles. The van der Waals surface area contributed by atoms with Crippen molar-refractivity contribution in [3.63, 3.8) is 0 Å². The van der Waals surface area contributed by atoms with E-state index in [4.69, 9.17) is 5.11 Å². The van der Waals surface area contributed by atoms with E-state index in [-0.39, 0.29) is 11.7 Å². The summed E-state index contributed by atoms with van der Waals surface area (Å²) in [6.45, 7) is 0. The molecule has 6 nitrogen and oxygen atoms in total. The Balaban J connectivity index is 1.18. The first kappa shape index (κ1) is 27.9. The molecule has 44 heavy (non-hydrogen) atoms. The predicted molar refractivity (Wildman–Crippen MR) is 179 cm³/mol. The Bertz CT molecular complexity index is 1770. The lowest BCUT2D eigenvalue weighted by atomic mass is 9.95. The number of aliphatic carboxylic acids is 1. The number of nitrogens with zero attached hydrogens (tertiary/aromatic N) is 2. The van der Waals surface area contributed by atoms with Gasteiger partial charge in [0.15, 0.2) is 5.17 Å². The summed E-state index contributed by atoms with van der Waals surface area (Å²) in [7, 11) is 0. The first-order chi connectivity index (χ1) is 21.5. The smallest absolute Gasteiger partial charge is 0.313 e. The lowest BCUT2D eigenvalue weighted by Gasteiger charge is -2.27. The molecule has 4 aromatic rings. The summed E-state index contributed by atoms with van der Waals surface area (Å²) in [6.07, 6.45) is 7.51. The van der Waals surface area contributed by atoms with Crippen LogP contribution >= 0.6 is 11.8 Å². The molecule has 4 aromatic carbocycles. The van der Waals surface area contributed by atoms with Gasteiger partial charge >= 0.3 is 5.97 Å². The molecule has 1 aliphatic carbocycles. The molecular formula is C37H31N3O3S. The third-order valence-electron chi connectivity index (χ3n) is 8.48. The Kier molecular flexibility index (Phi) is 7.62. The van der Waals surface area contributed by atoms with Gasteiger partial charge in [0.1, 0.15) is 5.70 Å². The fraction of sp³-hybridized carbons (Fsp3) is 0.162. The molecule has 1 amide bonds. The van der Waals surface area contributed by atoms with E-state index in [1.165, 1.54) is 40.1 Å². The minimum absolute atomic E-state index is 0.150. The SMILES string of the molecule is O=C(O)CSC1=NC(=Cc2ccc3c(c2)C2CCCC2N3c2ccc(C=C(c3ccccc3)c3ccccc3)cc2)C(=O)N1. The molecule has 2 N–H and O–H groups in total. The highest BCUT2D eigenvalue weighted by Crippen LogP contribution is 2.52. The van der Waals surface area contributed by atoms with Crippen LogP contribution in [0.5, 0.6) is 0 Å². The molecule has 3 aliphatic rings. The monoisotopic (exact) mass is 597 g/mol. The zero-order valence-corrected chi connectivity index (χ0v) is 24.8. The van der Waals surface area contributed by atoms with Crippen molar-refractivity contribution in [1.82, 2.24) is 5.32 Å². The highest BCUT2D eigenvalue weighted by Gasteiger charge is 2.42. The molecular weight excluding hydrogens is 566 g/mol. The lowest BCUT2D eigenvalue weighted by molar-refractivity contribution is -0.133. The van der Waals surface area contributed by atoms with Crippen LogP contribution in [0.3, 0.4) is 0 Å². The Labute approximate surface area is 260 Å². The number of hydrogen-bond acceptors (Lipinski definition) is 5. The van der Waals surface area contributed by atoms with Gasteiger partial charge in [-0.2, -0.15) is 0 Å². The molecule has 7 rings (SSSR count). The standard InChI is InChI=1S/C37H31N3O3S/c41-35(42)23-44-37-38-32(36(43)39-37)22-25-16-19-34-31(21-25)29-12-7-13-33(29)40(34)28-17-14-24(15-18-28)20-30(26-8-3-1-4-9-26)27-10-5-2-6-11-27/h1-6,8-11,14-22,29,33H,7,12-13,23H2,(H,41,42)(H,38,39,43). The van der Waals surface area contributed by atoms with Crippen molar-refractivity contribution in [3.05, 3.63) is 137 Å². The van der Waals surface area contributed by atoms with Gasteiger partial charge in [-0.1, -0.05) is 97.0 Å². The van der Waals surface area contributed by atoms with Gasteiger partial charge in [-0.15, -0.1) is 0 Å². The number of benzene rings is 4. The number of nitrogens with one attached hydrogen (secondary N) is 1. The third kappa shape index (κ3) is 5.58. The van der Waals surface area contributed by atoms with E-state index in [2.05, 4.69) is 106 Å². The molecule has 2 aliphatic heterocycles. The van der Waals surface area contributed by atoms with E-state index in [0.717, 1.165) is 35.7 Å². The number of carbonyl (C=O) groups is 2. The quantitative estimate of drug-likeness (QED) is 0.169. The molecule has 1 saturated carbocycles. The van der Waals surface area contributed by atoms with Gasteiger partial charge in [0.2, 0.25) is 0 Å². The molecule has 2 heterocycles. The van der Waals surface area contributed by atoms with Crippen LogP contribution in [0.1, 0.15) is 53.0 Å². The zero-order valence-electron chi connectivity index (χ0n) is 24.0. The minimum Gasteiger partial charge on any atom is -0.481 e. The van der Waals surface area contributed by atoms with Gasteiger partial charge < -0.3 is 10.0 Å². The van der Waals surface area contributed by atoms with Gasteiger partial charge in [0.05, 0.1) is 5.75 Å². The number of anilines is 2. The second kappa shape index (κ2) is 12.0. The van der Waals surface area contributed by atoms with Gasteiger partial charge in [-0.05, 0) is 82.6 Å². The third-order valence-corrected chi connectivity index (χ3v) is 9.34. The number of rotatable bonds is 7. The predicted octanol–water partition coefficient (Wildman–Crippen LogP) is 7.71. The number of aliphatic imine (C=N–C) groups is 1. The van der Waals surface area contributed by atoms with Gasteiger partial charge in [-0.3, -0.25) is 14.9 Å². The van der Waals surface area contributed by atoms with Gasteiger partial charge in [-0.25, -0.2) is 4.99 Å². The summed E-state index contributed by atoms with van der Waals surface area (Å²) in [5.74, 6) is -0.972. The van der Waals surface area contributed by atoms with Crippen LogP contribution in [0.4, 0.5) is 11.4 Å². The van der Waals surface area contributed by atoms with Crippen molar-refractivity contribution in [2.24, 2.45) is 4.99 Å². The average Bonchev–Trinajstić information content (AvgIpc) is 3.74. The highest BCUT2D eigenvalue weighted by molar-refractivity contribution is 8.14.